The normalized spacial score (nSPS) is 29.9. The third-order valence-corrected chi connectivity index (χ3v) is 3.01. The lowest BCUT2D eigenvalue weighted by atomic mass is 9.98. The average molecular weight is 232 g/mol. The van der Waals surface area contributed by atoms with Gasteiger partial charge in [-0.1, -0.05) is 37.3 Å². The molecule has 0 aromatic rings. The molecule has 0 aliphatic heterocycles. The molecule has 17 heavy (non-hydrogen) atoms. The number of carbonyl (C=O) groups is 1. The van der Waals surface area contributed by atoms with E-state index >= 15 is 0 Å². The van der Waals surface area contributed by atoms with Crippen molar-refractivity contribution < 1.29 is 4.79 Å². The fraction of sp³-hybridized carbons (Fsp3) is 0.562. The van der Waals surface area contributed by atoms with E-state index in [0.717, 1.165) is 38.5 Å². The number of rotatable bonds is 0. The fourth-order valence-electron chi connectivity index (χ4n) is 1.97. The van der Waals surface area contributed by atoms with Crippen LogP contribution in [0.5, 0.6) is 0 Å². The number of carbonyl (C=O) groups excluding carboxylic acids is 1. The zero-order valence-corrected chi connectivity index (χ0v) is 10.9. The van der Waals surface area contributed by atoms with Gasteiger partial charge in [0.25, 0.3) is 0 Å². The first-order valence-corrected chi connectivity index (χ1v) is 6.78. The minimum atomic E-state index is 0.278. The van der Waals surface area contributed by atoms with Gasteiger partial charge in [-0.2, -0.15) is 0 Å². The Morgan fingerprint density at radius 3 is 2.06 bits per heavy atom. The molecule has 1 atom stereocenters. The Bertz CT molecular complexity index is 297. The van der Waals surface area contributed by atoms with Gasteiger partial charge < -0.3 is 0 Å². The average Bonchev–Trinajstić information content (AvgIpc) is 2.30. The number of hydrogen-bond acceptors (Lipinski definition) is 1. The van der Waals surface area contributed by atoms with Crippen molar-refractivity contribution in [2.75, 3.05) is 0 Å². The molecule has 0 aromatic carbocycles. The molecule has 0 saturated heterocycles. The second-order valence-corrected chi connectivity index (χ2v) is 4.85. The van der Waals surface area contributed by atoms with Gasteiger partial charge in [0.2, 0.25) is 0 Å². The second-order valence-electron chi connectivity index (χ2n) is 4.85. The molecule has 0 radical (unpaired) electrons. The highest BCUT2D eigenvalue weighted by molar-refractivity contribution is 5.89. The van der Waals surface area contributed by atoms with Crippen molar-refractivity contribution in [2.45, 2.75) is 51.9 Å². The standard InChI is InChI=1S/C16H24O/c1-15-12-10-8-6-4-2-3-5-7-9-11-13-16(17)14-15/h3,5-6,8,11,13,15H,2,4,7,9-10,12,14H2,1H3/b5-3-,8-6-,13-11-. The molecule has 0 saturated carbocycles. The third kappa shape index (κ3) is 7.73. The Morgan fingerprint density at radius 2 is 1.41 bits per heavy atom. The first-order valence-electron chi connectivity index (χ1n) is 6.78. The Hall–Kier alpha value is -1.11. The van der Waals surface area contributed by atoms with Gasteiger partial charge in [0.1, 0.15) is 0 Å². The highest BCUT2D eigenvalue weighted by atomic mass is 16.1. The molecule has 1 rings (SSSR count). The fourth-order valence-corrected chi connectivity index (χ4v) is 1.97. The summed E-state index contributed by atoms with van der Waals surface area (Å²) < 4.78 is 0. The zero-order chi connectivity index (χ0) is 12.3. The monoisotopic (exact) mass is 232 g/mol. The van der Waals surface area contributed by atoms with Crippen molar-refractivity contribution in [3.63, 3.8) is 0 Å². The smallest absolute Gasteiger partial charge is 0.155 e. The van der Waals surface area contributed by atoms with E-state index in [1.54, 1.807) is 6.08 Å². The summed E-state index contributed by atoms with van der Waals surface area (Å²) in [7, 11) is 0. The van der Waals surface area contributed by atoms with Crippen LogP contribution >= 0.6 is 0 Å². The summed E-state index contributed by atoms with van der Waals surface area (Å²) in [5.41, 5.74) is 0. The highest BCUT2D eigenvalue weighted by Crippen LogP contribution is 2.12. The van der Waals surface area contributed by atoms with E-state index < -0.39 is 0 Å². The molecule has 1 nitrogen and oxygen atoms in total. The van der Waals surface area contributed by atoms with Crippen LogP contribution in [-0.4, -0.2) is 5.78 Å². The van der Waals surface area contributed by atoms with Gasteiger partial charge >= 0.3 is 0 Å². The number of hydrogen-bond donors (Lipinski definition) is 0. The first-order chi connectivity index (χ1) is 8.29. The molecule has 1 unspecified atom stereocenters. The second kappa shape index (κ2) is 8.98. The Morgan fingerprint density at radius 1 is 0.882 bits per heavy atom. The molecule has 0 N–H and O–H groups in total. The number of ketones is 1. The van der Waals surface area contributed by atoms with E-state index in [1.165, 1.54) is 0 Å². The summed E-state index contributed by atoms with van der Waals surface area (Å²) in [6.07, 6.45) is 19.9. The minimum absolute atomic E-state index is 0.278. The molecule has 1 aliphatic carbocycles. The summed E-state index contributed by atoms with van der Waals surface area (Å²) in [5.74, 6) is 0.778. The molecule has 1 aliphatic rings. The van der Waals surface area contributed by atoms with Crippen molar-refractivity contribution in [1.82, 2.24) is 0 Å². The predicted octanol–water partition coefficient (Wildman–Crippen LogP) is 4.60. The van der Waals surface area contributed by atoms with Crippen LogP contribution in [-0.2, 0) is 4.79 Å². The molecule has 0 aromatic heterocycles. The van der Waals surface area contributed by atoms with Crippen LogP contribution in [0.15, 0.2) is 36.5 Å². The van der Waals surface area contributed by atoms with Gasteiger partial charge in [-0.25, -0.2) is 0 Å². The van der Waals surface area contributed by atoms with Crippen LogP contribution in [0.25, 0.3) is 0 Å². The Kier molecular flexibility index (Phi) is 7.37. The third-order valence-electron chi connectivity index (χ3n) is 3.01. The van der Waals surface area contributed by atoms with Crippen LogP contribution in [0.4, 0.5) is 0 Å². The first kappa shape index (κ1) is 14.0. The lowest BCUT2D eigenvalue weighted by Crippen LogP contribution is -2.02. The van der Waals surface area contributed by atoms with Crippen LogP contribution in [0.2, 0.25) is 0 Å². The van der Waals surface area contributed by atoms with Gasteiger partial charge in [-0.3, -0.25) is 4.79 Å². The van der Waals surface area contributed by atoms with Crippen LogP contribution < -0.4 is 0 Å². The molecule has 1 heteroatoms. The maximum Gasteiger partial charge on any atom is 0.155 e. The number of allylic oxidation sites excluding steroid dienone is 6. The van der Waals surface area contributed by atoms with Crippen molar-refractivity contribution >= 4 is 5.78 Å². The summed E-state index contributed by atoms with van der Waals surface area (Å²) in [5, 5.41) is 0. The Labute approximate surface area is 105 Å². The Balaban J connectivity index is 2.46. The van der Waals surface area contributed by atoms with E-state index in [-0.39, 0.29) is 5.78 Å². The molecule has 0 fully saturated rings. The van der Waals surface area contributed by atoms with Gasteiger partial charge in [0.15, 0.2) is 5.78 Å². The van der Waals surface area contributed by atoms with E-state index in [4.69, 9.17) is 0 Å². The van der Waals surface area contributed by atoms with Crippen LogP contribution in [0, 0.1) is 5.92 Å². The van der Waals surface area contributed by atoms with E-state index in [0.29, 0.717) is 12.3 Å². The van der Waals surface area contributed by atoms with Crippen LogP contribution in [0.3, 0.4) is 0 Å². The molecule has 0 amide bonds. The molecule has 0 bridgehead atoms. The lowest BCUT2D eigenvalue weighted by molar-refractivity contribution is -0.115. The van der Waals surface area contributed by atoms with E-state index in [1.807, 2.05) is 6.08 Å². The van der Waals surface area contributed by atoms with Crippen molar-refractivity contribution in [3.8, 4) is 0 Å². The molecule has 94 valence electrons. The van der Waals surface area contributed by atoms with Crippen molar-refractivity contribution in [1.29, 1.82) is 0 Å². The van der Waals surface area contributed by atoms with Gasteiger partial charge in [-0.05, 0) is 50.5 Å². The van der Waals surface area contributed by atoms with Crippen LogP contribution in [0.1, 0.15) is 51.9 Å². The topological polar surface area (TPSA) is 17.1 Å². The maximum atomic E-state index is 11.6. The predicted molar refractivity (Wildman–Crippen MR) is 73.9 cm³/mol. The summed E-state index contributed by atoms with van der Waals surface area (Å²) in [6, 6.07) is 0. The summed E-state index contributed by atoms with van der Waals surface area (Å²) >= 11 is 0. The van der Waals surface area contributed by atoms with E-state index in [2.05, 4.69) is 31.2 Å². The molecular formula is C16H24O. The maximum absolute atomic E-state index is 11.6. The molecular weight excluding hydrogens is 208 g/mol. The van der Waals surface area contributed by atoms with Gasteiger partial charge in [-0.15, -0.1) is 0 Å². The van der Waals surface area contributed by atoms with Crippen molar-refractivity contribution in [3.05, 3.63) is 36.5 Å². The highest BCUT2D eigenvalue weighted by Gasteiger charge is 2.05. The largest absolute Gasteiger partial charge is 0.295 e. The molecule has 0 heterocycles. The summed E-state index contributed by atoms with van der Waals surface area (Å²) in [6.45, 7) is 2.17. The quantitative estimate of drug-likeness (QED) is 0.558. The van der Waals surface area contributed by atoms with Gasteiger partial charge in [0, 0.05) is 6.42 Å². The van der Waals surface area contributed by atoms with Crippen molar-refractivity contribution in [2.24, 2.45) is 5.92 Å². The minimum Gasteiger partial charge on any atom is -0.295 e. The van der Waals surface area contributed by atoms with E-state index in [9.17, 15) is 4.79 Å². The van der Waals surface area contributed by atoms with Gasteiger partial charge in [0.05, 0.1) is 0 Å². The lowest BCUT2D eigenvalue weighted by Gasteiger charge is -2.06. The SMILES string of the molecule is CC1CC/C=C\CC/C=C\CC/C=C\C(=O)C1. The summed E-state index contributed by atoms with van der Waals surface area (Å²) in [4.78, 5) is 11.6. The molecule has 0 spiro atoms. The zero-order valence-electron chi connectivity index (χ0n) is 10.9.